The van der Waals surface area contributed by atoms with E-state index >= 15 is 0 Å². The Morgan fingerprint density at radius 1 is 1.07 bits per heavy atom. The maximum Gasteiger partial charge on any atom is 0.262 e. The second-order valence-corrected chi connectivity index (χ2v) is 6.95. The summed E-state index contributed by atoms with van der Waals surface area (Å²) in [6.07, 6.45) is 0.857. The minimum Gasteiger partial charge on any atom is -0.508 e. The normalized spacial score (nSPS) is 11.7. The number of aryl methyl sites for hydroxylation is 1. The van der Waals surface area contributed by atoms with Gasteiger partial charge in [0.1, 0.15) is 5.75 Å². The number of phenolic OH excluding ortho intramolecular Hbond substituents is 1. The van der Waals surface area contributed by atoms with Gasteiger partial charge in [0.25, 0.3) is 5.56 Å². The van der Waals surface area contributed by atoms with Crippen molar-refractivity contribution in [1.82, 2.24) is 19.2 Å². The lowest BCUT2D eigenvalue weighted by molar-refractivity contribution is 0.0748. The van der Waals surface area contributed by atoms with Crippen LogP contribution in [0.3, 0.4) is 0 Å². The second-order valence-electron chi connectivity index (χ2n) is 6.95. The van der Waals surface area contributed by atoms with Crippen molar-refractivity contribution in [2.45, 2.75) is 32.9 Å². The molecule has 28 heavy (non-hydrogen) atoms. The van der Waals surface area contributed by atoms with Crippen molar-refractivity contribution >= 4 is 16.7 Å². The molecule has 144 valence electrons. The molecule has 0 radical (unpaired) electrons. The van der Waals surface area contributed by atoms with E-state index in [1.807, 2.05) is 42.5 Å². The molecule has 7 nitrogen and oxygen atoms in total. The first kappa shape index (κ1) is 18.2. The van der Waals surface area contributed by atoms with Crippen LogP contribution in [0.5, 0.6) is 5.75 Å². The summed E-state index contributed by atoms with van der Waals surface area (Å²) < 4.78 is 9.16. The second kappa shape index (κ2) is 7.44. The van der Waals surface area contributed by atoms with Crippen LogP contribution in [0.4, 0.5) is 0 Å². The van der Waals surface area contributed by atoms with Crippen LogP contribution in [-0.4, -0.2) is 37.0 Å². The monoisotopic (exact) mass is 378 g/mol. The molecule has 0 aliphatic heterocycles. The zero-order valence-electron chi connectivity index (χ0n) is 15.9. The molecular formula is C21H22N4O3. The van der Waals surface area contributed by atoms with E-state index in [-0.39, 0.29) is 17.4 Å². The van der Waals surface area contributed by atoms with Crippen LogP contribution in [0.15, 0.2) is 53.3 Å². The Morgan fingerprint density at radius 2 is 1.82 bits per heavy atom. The Morgan fingerprint density at radius 3 is 2.57 bits per heavy atom. The molecule has 0 unspecified atom stereocenters. The molecule has 7 heteroatoms. The van der Waals surface area contributed by atoms with Gasteiger partial charge in [-0.3, -0.25) is 13.8 Å². The largest absolute Gasteiger partial charge is 0.508 e. The van der Waals surface area contributed by atoms with Gasteiger partial charge in [0.15, 0.2) is 5.82 Å². The predicted molar refractivity (Wildman–Crippen MR) is 108 cm³/mol. The number of fused-ring (bicyclic) bond motifs is 3. The molecule has 0 saturated heterocycles. The first-order chi connectivity index (χ1) is 13.6. The van der Waals surface area contributed by atoms with Crippen molar-refractivity contribution in [2.75, 3.05) is 6.61 Å². The van der Waals surface area contributed by atoms with Gasteiger partial charge in [-0.05, 0) is 56.7 Å². The van der Waals surface area contributed by atoms with Gasteiger partial charge in [-0.2, -0.15) is 0 Å². The van der Waals surface area contributed by atoms with E-state index in [2.05, 4.69) is 10.2 Å². The summed E-state index contributed by atoms with van der Waals surface area (Å²) >= 11 is 0. The lowest BCUT2D eigenvalue weighted by Gasteiger charge is -2.12. The fourth-order valence-corrected chi connectivity index (χ4v) is 3.30. The molecule has 0 aliphatic carbocycles. The van der Waals surface area contributed by atoms with Crippen molar-refractivity contribution in [3.05, 3.63) is 58.9 Å². The predicted octanol–water partition coefficient (Wildman–Crippen LogP) is 3.23. The van der Waals surface area contributed by atoms with Crippen LogP contribution >= 0.6 is 0 Å². The number of hydrogen-bond acceptors (Lipinski definition) is 5. The Bertz CT molecular complexity index is 1180. The van der Waals surface area contributed by atoms with Crippen LogP contribution in [0.1, 0.15) is 20.3 Å². The van der Waals surface area contributed by atoms with E-state index in [0.29, 0.717) is 36.6 Å². The topological polar surface area (TPSA) is 81.7 Å². The summed E-state index contributed by atoms with van der Waals surface area (Å²) in [5, 5.41) is 18.8. The first-order valence-electron chi connectivity index (χ1n) is 9.34. The van der Waals surface area contributed by atoms with Crippen LogP contribution < -0.4 is 5.56 Å². The SMILES string of the molecule is CC(C)OCCCn1c(=O)c2ccccc2n2c(-c3ccc(O)cc3)nnc12. The average Bonchev–Trinajstić information content (AvgIpc) is 3.13. The first-order valence-corrected chi connectivity index (χ1v) is 9.34. The van der Waals surface area contributed by atoms with Crippen LogP contribution in [0.2, 0.25) is 0 Å². The van der Waals surface area contributed by atoms with E-state index in [1.54, 1.807) is 28.8 Å². The number of para-hydroxylation sites is 1. The van der Waals surface area contributed by atoms with E-state index in [0.717, 1.165) is 11.1 Å². The zero-order valence-corrected chi connectivity index (χ0v) is 15.9. The highest BCUT2D eigenvalue weighted by Gasteiger charge is 2.17. The fraction of sp³-hybridized carbons (Fsp3) is 0.286. The van der Waals surface area contributed by atoms with Crippen LogP contribution in [0.25, 0.3) is 28.1 Å². The summed E-state index contributed by atoms with van der Waals surface area (Å²) in [6, 6.07) is 14.2. The number of rotatable bonds is 6. The molecule has 1 N–H and O–H groups in total. The van der Waals surface area contributed by atoms with E-state index in [4.69, 9.17) is 4.74 Å². The number of nitrogens with zero attached hydrogens (tertiary/aromatic N) is 4. The van der Waals surface area contributed by atoms with Gasteiger partial charge in [0.05, 0.1) is 17.0 Å². The number of hydrogen-bond donors (Lipinski definition) is 1. The highest BCUT2D eigenvalue weighted by atomic mass is 16.5. The number of benzene rings is 2. The minimum atomic E-state index is -0.0858. The van der Waals surface area contributed by atoms with E-state index in [9.17, 15) is 9.90 Å². The number of phenols is 1. The molecule has 0 atom stereocenters. The summed E-state index contributed by atoms with van der Waals surface area (Å²) in [5.74, 6) is 1.30. The quantitative estimate of drug-likeness (QED) is 0.521. The Balaban J connectivity index is 1.88. The van der Waals surface area contributed by atoms with Gasteiger partial charge in [-0.25, -0.2) is 0 Å². The molecular weight excluding hydrogens is 356 g/mol. The summed E-state index contributed by atoms with van der Waals surface area (Å²) in [5.41, 5.74) is 1.48. The van der Waals surface area contributed by atoms with E-state index in [1.165, 1.54) is 0 Å². The van der Waals surface area contributed by atoms with Crippen molar-refractivity contribution in [1.29, 1.82) is 0 Å². The van der Waals surface area contributed by atoms with Gasteiger partial charge in [-0.1, -0.05) is 12.1 Å². The fourth-order valence-electron chi connectivity index (χ4n) is 3.30. The smallest absolute Gasteiger partial charge is 0.262 e. The summed E-state index contributed by atoms with van der Waals surface area (Å²) in [4.78, 5) is 13.1. The zero-order chi connectivity index (χ0) is 19.7. The third-order valence-electron chi connectivity index (χ3n) is 4.61. The third kappa shape index (κ3) is 3.25. The molecule has 4 rings (SSSR count). The maximum atomic E-state index is 13.1. The standard InChI is InChI=1S/C21H22N4O3/c1-14(2)28-13-5-12-24-20(27)17-6-3-4-7-18(17)25-19(22-23-21(24)25)15-8-10-16(26)11-9-15/h3-4,6-11,14,26H,5,12-13H2,1-2H3. The Kier molecular flexibility index (Phi) is 4.83. The molecule has 0 amide bonds. The van der Waals surface area contributed by atoms with Crippen molar-refractivity contribution < 1.29 is 9.84 Å². The Labute approximate surface area is 161 Å². The Hall–Kier alpha value is -3.19. The minimum absolute atomic E-state index is 0.0858. The molecule has 0 spiro atoms. The summed E-state index contributed by atoms with van der Waals surface area (Å²) in [6.45, 7) is 5.04. The lowest BCUT2D eigenvalue weighted by Crippen LogP contribution is -2.24. The van der Waals surface area contributed by atoms with Gasteiger partial charge in [0, 0.05) is 18.7 Å². The highest BCUT2D eigenvalue weighted by Crippen LogP contribution is 2.24. The average molecular weight is 378 g/mol. The molecule has 0 aliphatic rings. The third-order valence-corrected chi connectivity index (χ3v) is 4.61. The van der Waals surface area contributed by atoms with Gasteiger partial charge >= 0.3 is 0 Å². The van der Waals surface area contributed by atoms with Crippen molar-refractivity contribution in [2.24, 2.45) is 0 Å². The van der Waals surface area contributed by atoms with Crippen molar-refractivity contribution in [3.8, 4) is 17.1 Å². The van der Waals surface area contributed by atoms with Crippen LogP contribution in [0, 0.1) is 0 Å². The molecule has 0 bridgehead atoms. The lowest BCUT2D eigenvalue weighted by atomic mass is 10.2. The highest BCUT2D eigenvalue weighted by molar-refractivity contribution is 5.82. The maximum absolute atomic E-state index is 13.1. The van der Waals surface area contributed by atoms with Gasteiger partial charge in [-0.15, -0.1) is 10.2 Å². The molecule has 0 saturated carbocycles. The number of aromatic hydroxyl groups is 1. The molecule has 4 aromatic rings. The molecule has 2 aromatic heterocycles. The molecule has 2 heterocycles. The van der Waals surface area contributed by atoms with Gasteiger partial charge in [0.2, 0.25) is 5.78 Å². The number of aromatic nitrogens is 4. The van der Waals surface area contributed by atoms with Gasteiger partial charge < -0.3 is 9.84 Å². The van der Waals surface area contributed by atoms with E-state index < -0.39 is 0 Å². The molecule has 0 fully saturated rings. The molecule has 2 aromatic carbocycles. The van der Waals surface area contributed by atoms with Crippen molar-refractivity contribution in [3.63, 3.8) is 0 Å². The van der Waals surface area contributed by atoms with Crippen LogP contribution in [-0.2, 0) is 11.3 Å². The number of ether oxygens (including phenoxy) is 1. The summed E-state index contributed by atoms with van der Waals surface area (Å²) in [7, 11) is 0.